The van der Waals surface area contributed by atoms with E-state index in [0.717, 1.165) is 30.0 Å². The average molecular weight is 276 g/mol. The normalized spacial score (nSPS) is 19.0. The summed E-state index contributed by atoms with van der Waals surface area (Å²) in [6.45, 7) is 0.795. The van der Waals surface area contributed by atoms with E-state index in [9.17, 15) is 9.90 Å². The van der Waals surface area contributed by atoms with Crippen molar-refractivity contribution in [3.63, 3.8) is 0 Å². The molecule has 1 fully saturated rings. The summed E-state index contributed by atoms with van der Waals surface area (Å²) in [6.07, 6.45) is 5.74. The van der Waals surface area contributed by atoms with Gasteiger partial charge in [-0.05, 0) is 36.4 Å². The highest BCUT2D eigenvalue weighted by atomic mass is 32.1. The minimum Gasteiger partial charge on any atom is -0.394 e. The number of hydrogen-bond acceptors (Lipinski definition) is 3. The van der Waals surface area contributed by atoms with Crippen LogP contribution in [0.15, 0.2) is 36.0 Å². The highest BCUT2D eigenvalue weighted by molar-refractivity contribution is 7.12. The van der Waals surface area contributed by atoms with Gasteiger partial charge in [0.05, 0.1) is 18.3 Å². The Bertz CT molecular complexity index is 562. The highest BCUT2D eigenvalue weighted by Gasteiger charge is 2.30. The number of likely N-dealkylation sites (tertiary alicyclic amines) is 1. The van der Waals surface area contributed by atoms with Crippen molar-refractivity contribution >= 4 is 17.2 Å². The molecule has 0 aromatic carbocycles. The second-order valence-corrected chi connectivity index (χ2v) is 5.62. The lowest BCUT2D eigenvalue weighted by Gasteiger charge is -2.23. The predicted octanol–water partition coefficient (Wildman–Crippen LogP) is 2.14. The summed E-state index contributed by atoms with van der Waals surface area (Å²) in [5, 5.41) is 11.3. The van der Waals surface area contributed by atoms with E-state index in [4.69, 9.17) is 0 Å². The van der Waals surface area contributed by atoms with Gasteiger partial charge in [0, 0.05) is 18.9 Å². The van der Waals surface area contributed by atoms with Gasteiger partial charge in [0.15, 0.2) is 0 Å². The van der Waals surface area contributed by atoms with Crippen LogP contribution in [0, 0.1) is 0 Å². The maximum atomic E-state index is 12.6. The van der Waals surface area contributed by atoms with E-state index in [1.165, 1.54) is 11.3 Å². The van der Waals surface area contributed by atoms with E-state index in [-0.39, 0.29) is 18.6 Å². The van der Waals surface area contributed by atoms with Crippen molar-refractivity contribution in [2.45, 2.75) is 18.9 Å². The zero-order valence-electron chi connectivity index (χ0n) is 10.5. The molecular weight excluding hydrogens is 260 g/mol. The van der Waals surface area contributed by atoms with Crippen LogP contribution in [-0.4, -0.2) is 39.7 Å². The number of aliphatic hydroxyl groups is 1. The van der Waals surface area contributed by atoms with E-state index in [0.29, 0.717) is 0 Å². The Morgan fingerprint density at radius 3 is 2.95 bits per heavy atom. The Hall–Kier alpha value is -1.59. The Kier molecular flexibility index (Phi) is 3.40. The minimum absolute atomic E-state index is 0.0212. The molecule has 1 aliphatic rings. The molecule has 2 aromatic rings. The van der Waals surface area contributed by atoms with E-state index in [1.54, 1.807) is 4.90 Å². The Morgan fingerprint density at radius 1 is 1.42 bits per heavy atom. The van der Waals surface area contributed by atoms with Crippen LogP contribution in [0.3, 0.4) is 0 Å². The van der Waals surface area contributed by atoms with Crippen molar-refractivity contribution in [1.82, 2.24) is 9.47 Å². The molecule has 1 N–H and O–H groups in total. The standard InChI is InChI=1S/C14H16N2O2S/c17-10-11-4-3-8-16(11)14(18)13-12(5-9-19-13)15-6-1-2-7-15/h1-2,5-7,9,11,17H,3-4,8,10H2/t11-/m1/s1. The van der Waals surface area contributed by atoms with Gasteiger partial charge in [-0.1, -0.05) is 0 Å². The molecule has 0 unspecified atom stereocenters. The summed E-state index contributed by atoms with van der Waals surface area (Å²) in [4.78, 5) is 15.2. The second kappa shape index (κ2) is 5.19. The predicted molar refractivity (Wildman–Crippen MR) is 74.8 cm³/mol. The van der Waals surface area contributed by atoms with Crippen molar-refractivity contribution in [2.75, 3.05) is 13.2 Å². The summed E-state index contributed by atoms with van der Waals surface area (Å²) in [5.74, 6) is 0.0373. The molecule has 1 atom stereocenters. The van der Waals surface area contributed by atoms with Crippen LogP contribution in [0.25, 0.3) is 5.69 Å². The van der Waals surface area contributed by atoms with E-state index in [2.05, 4.69) is 0 Å². The van der Waals surface area contributed by atoms with Crippen LogP contribution in [0.2, 0.25) is 0 Å². The highest BCUT2D eigenvalue weighted by Crippen LogP contribution is 2.26. The van der Waals surface area contributed by atoms with Gasteiger partial charge < -0.3 is 14.6 Å². The molecule has 4 nitrogen and oxygen atoms in total. The quantitative estimate of drug-likeness (QED) is 0.933. The van der Waals surface area contributed by atoms with E-state index in [1.807, 2.05) is 40.5 Å². The van der Waals surface area contributed by atoms with E-state index >= 15 is 0 Å². The topological polar surface area (TPSA) is 45.5 Å². The maximum absolute atomic E-state index is 12.6. The third-order valence-corrected chi connectivity index (χ3v) is 4.46. The number of hydrogen-bond donors (Lipinski definition) is 1. The summed E-state index contributed by atoms with van der Waals surface area (Å²) in [7, 11) is 0. The molecule has 1 saturated heterocycles. The number of aliphatic hydroxyl groups excluding tert-OH is 1. The SMILES string of the molecule is O=C(c1sccc1-n1cccc1)N1CCC[C@@H]1CO. The molecule has 5 heteroatoms. The zero-order valence-corrected chi connectivity index (χ0v) is 11.3. The number of carbonyl (C=O) groups excluding carboxylic acids is 1. The second-order valence-electron chi connectivity index (χ2n) is 4.70. The monoisotopic (exact) mass is 276 g/mol. The Labute approximate surface area is 115 Å². The lowest BCUT2D eigenvalue weighted by molar-refractivity contribution is 0.0682. The van der Waals surface area contributed by atoms with E-state index < -0.39 is 0 Å². The first-order valence-electron chi connectivity index (χ1n) is 6.44. The fourth-order valence-electron chi connectivity index (χ4n) is 2.58. The number of thiophene rings is 1. The first-order valence-corrected chi connectivity index (χ1v) is 7.32. The van der Waals surface area contributed by atoms with Crippen LogP contribution in [-0.2, 0) is 0 Å². The minimum atomic E-state index is -0.0212. The summed E-state index contributed by atoms with van der Waals surface area (Å²) in [6, 6.07) is 5.82. The molecule has 100 valence electrons. The lowest BCUT2D eigenvalue weighted by Crippen LogP contribution is -2.37. The van der Waals surface area contributed by atoms with Crippen LogP contribution in [0.1, 0.15) is 22.5 Å². The summed E-state index contributed by atoms with van der Waals surface area (Å²) in [5.41, 5.74) is 0.920. The van der Waals surface area contributed by atoms with Gasteiger partial charge in [-0.2, -0.15) is 0 Å². The molecule has 0 spiro atoms. The molecule has 0 saturated carbocycles. The zero-order chi connectivity index (χ0) is 13.2. The Balaban J connectivity index is 1.91. The van der Waals surface area contributed by atoms with Crippen LogP contribution in [0.4, 0.5) is 0 Å². The molecule has 0 radical (unpaired) electrons. The molecule has 1 amide bonds. The molecule has 3 rings (SSSR count). The fourth-order valence-corrected chi connectivity index (χ4v) is 3.43. The molecular formula is C14H16N2O2S. The smallest absolute Gasteiger partial charge is 0.266 e. The first kappa shape index (κ1) is 12.4. The largest absolute Gasteiger partial charge is 0.394 e. The van der Waals surface area contributed by atoms with Gasteiger partial charge in [-0.3, -0.25) is 4.79 Å². The van der Waals surface area contributed by atoms with Gasteiger partial charge in [-0.15, -0.1) is 11.3 Å². The van der Waals surface area contributed by atoms with Gasteiger partial charge >= 0.3 is 0 Å². The van der Waals surface area contributed by atoms with Crippen molar-refractivity contribution in [1.29, 1.82) is 0 Å². The first-order chi connectivity index (χ1) is 9.31. The van der Waals surface area contributed by atoms with Crippen LogP contribution in [0.5, 0.6) is 0 Å². The summed E-state index contributed by atoms with van der Waals surface area (Å²) < 4.78 is 1.95. The third-order valence-electron chi connectivity index (χ3n) is 3.57. The van der Waals surface area contributed by atoms with Crippen molar-refractivity contribution < 1.29 is 9.90 Å². The van der Waals surface area contributed by atoms with Crippen molar-refractivity contribution in [3.8, 4) is 5.69 Å². The van der Waals surface area contributed by atoms with Gasteiger partial charge in [0.1, 0.15) is 4.88 Å². The van der Waals surface area contributed by atoms with Gasteiger partial charge in [0.2, 0.25) is 0 Å². The number of amides is 1. The van der Waals surface area contributed by atoms with Crippen LogP contribution < -0.4 is 0 Å². The molecule has 0 bridgehead atoms. The fraction of sp³-hybridized carbons (Fsp3) is 0.357. The van der Waals surface area contributed by atoms with Gasteiger partial charge in [-0.25, -0.2) is 0 Å². The molecule has 0 aliphatic carbocycles. The Morgan fingerprint density at radius 2 is 2.21 bits per heavy atom. The number of carbonyl (C=O) groups is 1. The van der Waals surface area contributed by atoms with Crippen molar-refractivity contribution in [2.24, 2.45) is 0 Å². The molecule has 2 aromatic heterocycles. The number of nitrogens with zero attached hydrogens (tertiary/aromatic N) is 2. The van der Waals surface area contributed by atoms with Crippen LogP contribution >= 0.6 is 11.3 Å². The number of rotatable bonds is 3. The third kappa shape index (κ3) is 2.19. The number of aromatic nitrogens is 1. The molecule has 3 heterocycles. The van der Waals surface area contributed by atoms with Crippen molar-refractivity contribution in [3.05, 3.63) is 40.8 Å². The average Bonchev–Trinajstić information content (AvgIpc) is 3.16. The molecule has 1 aliphatic heterocycles. The summed E-state index contributed by atoms with van der Waals surface area (Å²) >= 11 is 1.46. The van der Waals surface area contributed by atoms with Gasteiger partial charge in [0.25, 0.3) is 5.91 Å². The maximum Gasteiger partial charge on any atom is 0.266 e. The lowest BCUT2D eigenvalue weighted by atomic mass is 10.2. The molecule has 19 heavy (non-hydrogen) atoms.